The molecule has 0 aromatic heterocycles. The number of allylic oxidation sites excluding steroid dienone is 2. The van der Waals surface area contributed by atoms with Gasteiger partial charge in [0.2, 0.25) is 0 Å². The smallest absolute Gasteiger partial charge is 0.296 e. The van der Waals surface area contributed by atoms with Crippen LogP contribution in [0.5, 0.6) is 5.75 Å². The lowest BCUT2D eigenvalue weighted by atomic mass is 9.76. The van der Waals surface area contributed by atoms with Crippen LogP contribution in [0.3, 0.4) is 0 Å². The van der Waals surface area contributed by atoms with Gasteiger partial charge in [0.15, 0.2) is 0 Å². The number of rotatable bonds is 4. The minimum atomic E-state index is -0.327. The van der Waals surface area contributed by atoms with Crippen molar-refractivity contribution in [2.75, 3.05) is 11.9 Å². The molecular weight excluding hydrogens is 396 g/mol. The van der Waals surface area contributed by atoms with Crippen molar-refractivity contribution in [1.29, 1.82) is 0 Å². The molecule has 2 aromatic carbocycles. The predicted octanol–water partition coefficient (Wildman–Crippen LogP) is 5.58. The van der Waals surface area contributed by atoms with Gasteiger partial charge in [-0.15, -0.1) is 0 Å². The summed E-state index contributed by atoms with van der Waals surface area (Å²) in [7, 11) is 0. The summed E-state index contributed by atoms with van der Waals surface area (Å²) in [6.45, 7) is 2.36. The van der Waals surface area contributed by atoms with Crippen LogP contribution in [-0.2, 0) is 0 Å². The van der Waals surface area contributed by atoms with Crippen LogP contribution in [0.4, 0.5) is 11.4 Å². The molecule has 6 heteroatoms. The van der Waals surface area contributed by atoms with Crippen molar-refractivity contribution < 1.29 is 9.66 Å². The number of nitrogens with one attached hydrogen (secondary N) is 1. The Bertz CT molecular complexity index is 879. The van der Waals surface area contributed by atoms with Gasteiger partial charge in [-0.05, 0) is 48.6 Å². The van der Waals surface area contributed by atoms with Gasteiger partial charge in [0, 0.05) is 10.4 Å². The highest BCUT2D eigenvalue weighted by Crippen LogP contribution is 2.53. The van der Waals surface area contributed by atoms with Crippen molar-refractivity contribution >= 4 is 27.3 Å². The largest absolute Gasteiger partial charge is 0.494 e. The van der Waals surface area contributed by atoms with Gasteiger partial charge in [0.05, 0.1) is 23.6 Å². The van der Waals surface area contributed by atoms with Crippen molar-refractivity contribution in [3.05, 3.63) is 74.3 Å². The minimum absolute atomic E-state index is 0.0345. The van der Waals surface area contributed by atoms with E-state index in [1.807, 2.05) is 25.1 Å². The van der Waals surface area contributed by atoms with E-state index < -0.39 is 0 Å². The number of hydrogen-bond donors (Lipinski definition) is 1. The molecule has 0 saturated heterocycles. The molecule has 26 heavy (non-hydrogen) atoms. The number of fused-ring (bicyclic) bond motifs is 3. The first-order chi connectivity index (χ1) is 12.6. The molecule has 5 nitrogen and oxygen atoms in total. The highest BCUT2D eigenvalue weighted by atomic mass is 79.9. The Labute approximate surface area is 160 Å². The number of halogens is 1. The van der Waals surface area contributed by atoms with E-state index in [4.69, 9.17) is 4.74 Å². The van der Waals surface area contributed by atoms with Gasteiger partial charge in [0.25, 0.3) is 5.69 Å². The van der Waals surface area contributed by atoms with E-state index in [0.717, 1.165) is 22.0 Å². The van der Waals surface area contributed by atoms with Crippen LogP contribution in [0.1, 0.15) is 36.4 Å². The quantitative estimate of drug-likeness (QED) is 0.402. The molecule has 134 valence electrons. The van der Waals surface area contributed by atoms with E-state index in [1.54, 1.807) is 0 Å². The number of benzene rings is 2. The minimum Gasteiger partial charge on any atom is -0.494 e. The fourth-order valence-corrected chi connectivity index (χ4v) is 4.31. The maximum Gasteiger partial charge on any atom is 0.296 e. The van der Waals surface area contributed by atoms with Crippen LogP contribution in [0.2, 0.25) is 0 Å². The molecule has 1 N–H and O–H groups in total. The lowest BCUT2D eigenvalue weighted by Gasteiger charge is -2.37. The summed E-state index contributed by atoms with van der Waals surface area (Å²) in [6, 6.07) is 11.7. The van der Waals surface area contributed by atoms with E-state index in [2.05, 4.69) is 45.5 Å². The number of nitro groups is 1. The molecule has 0 saturated carbocycles. The summed E-state index contributed by atoms with van der Waals surface area (Å²) in [4.78, 5) is 11.4. The SMILES string of the molecule is CCOc1cc2c(c([N+](=O)[O-])c1)N[C@H](c1ccc(Br)cc1)[C@H]1CC=C[C@@H]21. The predicted molar refractivity (Wildman–Crippen MR) is 105 cm³/mol. The Morgan fingerprint density at radius 3 is 2.77 bits per heavy atom. The number of ether oxygens (including phenoxy) is 1. The second-order valence-electron chi connectivity index (χ2n) is 6.62. The van der Waals surface area contributed by atoms with Crippen molar-refractivity contribution in [3.8, 4) is 5.75 Å². The molecule has 0 radical (unpaired) electrons. The van der Waals surface area contributed by atoms with Gasteiger partial charge in [-0.2, -0.15) is 0 Å². The van der Waals surface area contributed by atoms with E-state index >= 15 is 0 Å². The number of nitrogens with zero attached hydrogens (tertiary/aromatic N) is 1. The van der Waals surface area contributed by atoms with Crippen LogP contribution in [-0.4, -0.2) is 11.5 Å². The van der Waals surface area contributed by atoms with E-state index in [0.29, 0.717) is 24.0 Å². The fraction of sp³-hybridized carbons (Fsp3) is 0.300. The van der Waals surface area contributed by atoms with Crippen molar-refractivity contribution in [1.82, 2.24) is 0 Å². The Hall–Kier alpha value is -2.34. The molecule has 0 amide bonds. The molecular formula is C20H19BrN2O3. The zero-order valence-corrected chi connectivity index (χ0v) is 15.9. The maximum atomic E-state index is 11.7. The normalized spacial score (nSPS) is 23.1. The van der Waals surface area contributed by atoms with Crippen LogP contribution in [0.15, 0.2) is 53.0 Å². The summed E-state index contributed by atoms with van der Waals surface area (Å²) >= 11 is 3.47. The Kier molecular flexibility index (Phi) is 4.44. The summed E-state index contributed by atoms with van der Waals surface area (Å²) in [5.74, 6) is 1.04. The summed E-state index contributed by atoms with van der Waals surface area (Å²) < 4.78 is 6.59. The molecule has 1 aliphatic heterocycles. The van der Waals surface area contributed by atoms with E-state index in [9.17, 15) is 10.1 Å². The third-order valence-electron chi connectivity index (χ3n) is 5.16. The fourth-order valence-electron chi connectivity index (χ4n) is 4.05. The molecule has 4 rings (SSSR count). The van der Waals surface area contributed by atoms with Crippen LogP contribution in [0, 0.1) is 16.0 Å². The van der Waals surface area contributed by atoms with Gasteiger partial charge in [-0.3, -0.25) is 10.1 Å². The number of nitro benzene ring substituents is 1. The first-order valence-electron chi connectivity index (χ1n) is 8.72. The monoisotopic (exact) mass is 414 g/mol. The second-order valence-corrected chi connectivity index (χ2v) is 7.54. The molecule has 0 bridgehead atoms. The average molecular weight is 415 g/mol. The van der Waals surface area contributed by atoms with Crippen LogP contribution >= 0.6 is 15.9 Å². The van der Waals surface area contributed by atoms with Gasteiger partial charge >= 0.3 is 0 Å². The standard InChI is InChI=1S/C20H19BrN2O3/c1-2-26-14-10-17-15-4-3-5-16(15)19(12-6-8-13(21)9-7-12)22-20(17)18(11-14)23(24)25/h3-4,6-11,15-16,19,22H,2,5H2,1H3/t15-,16+,19-/m1/s1. The summed E-state index contributed by atoms with van der Waals surface area (Å²) in [5.41, 5.74) is 2.78. The second kappa shape index (κ2) is 6.76. The van der Waals surface area contributed by atoms with Gasteiger partial charge in [-0.1, -0.05) is 40.2 Å². The molecule has 2 aliphatic rings. The first-order valence-corrected chi connectivity index (χ1v) is 9.51. The van der Waals surface area contributed by atoms with Crippen LogP contribution < -0.4 is 10.1 Å². The van der Waals surface area contributed by atoms with Crippen molar-refractivity contribution in [3.63, 3.8) is 0 Å². The first kappa shape index (κ1) is 17.1. The summed E-state index contributed by atoms with van der Waals surface area (Å²) in [5, 5.41) is 15.2. The number of anilines is 1. The zero-order valence-electron chi connectivity index (χ0n) is 14.3. The van der Waals surface area contributed by atoms with Gasteiger partial charge in [0.1, 0.15) is 11.4 Å². The molecule has 3 atom stereocenters. The topological polar surface area (TPSA) is 64.4 Å². The molecule has 1 aliphatic carbocycles. The molecule has 1 heterocycles. The third-order valence-corrected chi connectivity index (χ3v) is 5.69. The average Bonchev–Trinajstić information content (AvgIpc) is 3.11. The lowest BCUT2D eigenvalue weighted by Crippen LogP contribution is -2.29. The molecule has 0 spiro atoms. The Morgan fingerprint density at radius 2 is 2.08 bits per heavy atom. The lowest BCUT2D eigenvalue weighted by molar-refractivity contribution is -0.384. The molecule has 0 unspecified atom stereocenters. The third kappa shape index (κ3) is 2.88. The zero-order chi connectivity index (χ0) is 18.3. The Balaban J connectivity index is 1.83. The highest BCUT2D eigenvalue weighted by Gasteiger charge is 2.41. The van der Waals surface area contributed by atoms with Crippen molar-refractivity contribution in [2.24, 2.45) is 5.92 Å². The summed E-state index contributed by atoms with van der Waals surface area (Å²) in [6.07, 6.45) is 5.30. The van der Waals surface area contributed by atoms with Crippen LogP contribution in [0.25, 0.3) is 0 Å². The highest BCUT2D eigenvalue weighted by molar-refractivity contribution is 9.10. The Morgan fingerprint density at radius 1 is 1.31 bits per heavy atom. The maximum absolute atomic E-state index is 11.7. The number of hydrogen-bond acceptors (Lipinski definition) is 4. The van der Waals surface area contributed by atoms with Gasteiger partial charge < -0.3 is 10.1 Å². The van der Waals surface area contributed by atoms with Gasteiger partial charge in [-0.25, -0.2) is 0 Å². The van der Waals surface area contributed by atoms with Crippen molar-refractivity contribution in [2.45, 2.75) is 25.3 Å². The molecule has 2 aromatic rings. The van der Waals surface area contributed by atoms with E-state index in [1.165, 1.54) is 6.07 Å². The molecule has 0 fully saturated rings. The van der Waals surface area contributed by atoms with E-state index in [-0.39, 0.29) is 22.6 Å².